The van der Waals surface area contributed by atoms with E-state index >= 15 is 4.79 Å². The molecule has 3 saturated carbocycles. The highest BCUT2D eigenvalue weighted by atomic mass is 16.8. The van der Waals surface area contributed by atoms with Gasteiger partial charge in [0.15, 0.2) is 31.3 Å². The summed E-state index contributed by atoms with van der Waals surface area (Å²) in [6.45, 7) is 4.06. The molecule has 0 aromatic carbocycles. The van der Waals surface area contributed by atoms with Crippen LogP contribution < -0.4 is 0 Å². The van der Waals surface area contributed by atoms with E-state index in [0.717, 1.165) is 0 Å². The van der Waals surface area contributed by atoms with E-state index in [2.05, 4.69) is 13.5 Å². The molecule has 0 bridgehead atoms. The smallest absolute Gasteiger partial charge is 0.314 e. The Morgan fingerprint density at radius 3 is 1.38 bits per heavy atom. The van der Waals surface area contributed by atoms with E-state index in [4.69, 9.17) is 47.4 Å². The number of aliphatic hydroxyl groups excluding tert-OH is 17. The third kappa shape index (κ3) is 11.6. The van der Waals surface area contributed by atoms with Crippen LogP contribution in [0, 0.1) is 28.6 Å². The normalized spacial score (nSPS) is 52.7. The molecule has 28 nitrogen and oxygen atoms in total. The number of carbonyl (C=O) groups is 1. The lowest BCUT2D eigenvalue weighted by atomic mass is 9.45. The molecule has 5 aliphatic heterocycles. The number of fused-ring (bicyclic) bond motifs is 3. The highest BCUT2D eigenvalue weighted by Gasteiger charge is 2.62. The van der Waals surface area contributed by atoms with E-state index in [1.54, 1.807) is 6.92 Å². The lowest BCUT2D eigenvalue weighted by Gasteiger charge is -2.59. The van der Waals surface area contributed by atoms with Gasteiger partial charge in [-0.25, -0.2) is 0 Å². The molecule has 8 fully saturated rings. The fourth-order valence-corrected chi connectivity index (χ4v) is 13.5. The molecule has 5 heterocycles. The molecule has 31 atom stereocenters. The summed E-state index contributed by atoms with van der Waals surface area (Å²) in [5.74, 6) is -1.17. The first-order valence-corrected chi connectivity index (χ1v) is 26.5. The predicted molar refractivity (Wildman–Crippen MR) is 249 cm³/mol. The molecule has 0 radical (unpaired) electrons. The maximum Gasteiger partial charge on any atom is 0.314 e. The molecule has 28 heteroatoms. The summed E-state index contributed by atoms with van der Waals surface area (Å²) in [5, 5.41) is 180. The molecule has 0 spiro atoms. The molecule has 0 aromatic rings. The Bertz CT molecular complexity index is 1950. The third-order valence-electron chi connectivity index (χ3n) is 18.0. The zero-order chi connectivity index (χ0) is 56.2. The van der Waals surface area contributed by atoms with Crippen molar-refractivity contribution < 1.29 is 139 Å². The lowest BCUT2D eigenvalue weighted by molar-refractivity contribution is -0.388. The molecule has 444 valence electrons. The average molecular weight is 1120 g/mol. The number of esters is 1. The van der Waals surface area contributed by atoms with Crippen LogP contribution in [0.3, 0.4) is 0 Å². The Hall–Kier alpha value is -1.83. The lowest BCUT2D eigenvalue weighted by Crippen LogP contribution is -2.67. The summed E-state index contributed by atoms with van der Waals surface area (Å²) in [4.78, 5) is 15.1. The summed E-state index contributed by atoms with van der Waals surface area (Å²) >= 11 is 0. The fraction of sp³-hybridized carbons (Fsp3) is 0.939. The van der Waals surface area contributed by atoms with Crippen LogP contribution in [0.25, 0.3) is 0 Å². The van der Waals surface area contributed by atoms with E-state index in [1.807, 2.05) is 0 Å². The molecule has 5 saturated heterocycles. The van der Waals surface area contributed by atoms with Gasteiger partial charge in [0.2, 0.25) is 6.29 Å². The Kier molecular flexibility index (Phi) is 19.8. The van der Waals surface area contributed by atoms with Gasteiger partial charge in [-0.15, -0.1) is 0 Å². The van der Waals surface area contributed by atoms with Gasteiger partial charge in [0.05, 0.1) is 44.6 Å². The van der Waals surface area contributed by atoms with Crippen molar-refractivity contribution in [1.82, 2.24) is 0 Å². The predicted octanol–water partition coefficient (Wildman–Crippen LogP) is -7.43. The SMILES string of the molecule is C=C1CC2CCC3[C@](C)(C(=O)OC4OC(CO)C(O)C(OC5OC(CO)C(O)C(O)C5O)C4OC4OC(CO)C(O)C(O)C4O)CCC[C@@]3(C)[C@@H]2CCC1OC1OC(CO)C(O)C(OC2OC(CO)C(O)C(O)C2O)C1O. The van der Waals surface area contributed by atoms with Gasteiger partial charge in [0.25, 0.3) is 0 Å². The number of hydrogen-bond acceptors (Lipinski definition) is 28. The molecule has 17 N–H and O–H groups in total. The van der Waals surface area contributed by atoms with Crippen LogP contribution in [-0.4, -0.2) is 285 Å². The van der Waals surface area contributed by atoms with Crippen molar-refractivity contribution in [3.63, 3.8) is 0 Å². The van der Waals surface area contributed by atoms with E-state index in [0.29, 0.717) is 56.9 Å². The first-order chi connectivity index (χ1) is 36.5. The van der Waals surface area contributed by atoms with Crippen LogP contribution in [0.5, 0.6) is 0 Å². The zero-order valence-electron chi connectivity index (χ0n) is 42.7. The first kappa shape index (κ1) is 61.2. The molecule has 8 rings (SSSR count). The standard InChI is InChI=1S/C49H80O28/c1-17-11-18-5-8-26-48(2,19(18)6-7-20(17)68-45-38(66)39(30(58)24(15-53)72-45)74-42-35(63)32(60)27(55)21(12-50)69-42)9-4-10-49(26,3)47(67)77-46-41(76-44-37(65)34(62)29(57)23(14-52)71-44)40(31(59)25(16-54)73-46)75-43-36(64)33(61)28(56)22(13-51)70-43/h18-46,50-66H,1,4-16H2,2-3H3/t18?,19-,20?,21?,22?,23?,24?,25?,26?,27?,28?,29?,30?,31?,32?,33?,34?,35?,36?,37?,38?,39?,40?,41?,42?,43?,44?,45?,46?,48+,49-/m1/s1. The second-order valence-corrected chi connectivity index (χ2v) is 22.6. The highest BCUT2D eigenvalue weighted by molar-refractivity contribution is 5.77. The van der Waals surface area contributed by atoms with Crippen molar-refractivity contribution in [2.45, 2.75) is 225 Å². The van der Waals surface area contributed by atoms with Gasteiger partial charge >= 0.3 is 5.97 Å². The van der Waals surface area contributed by atoms with E-state index < -0.39 is 209 Å². The van der Waals surface area contributed by atoms with Crippen LogP contribution in [0.4, 0.5) is 0 Å². The summed E-state index contributed by atoms with van der Waals surface area (Å²) < 4.78 is 59.0. The Morgan fingerprint density at radius 2 is 0.896 bits per heavy atom. The topological polar surface area (TPSA) is 453 Å². The second kappa shape index (κ2) is 24.9. The second-order valence-electron chi connectivity index (χ2n) is 22.6. The summed E-state index contributed by atoms with van der Waals surface area (Å²) in [5.41, 5.74) is -1.14. The number of hydrogen-bond donors (Lipinski definition) is 17. The minimum atomic E-state index is -2.04. The number of aliphatic hydroxyl groups is 17. The minimum Gasteiger partial charge on any atom is -0.432 e. The molecular formula is C49H80O28. The molecule has 0 amide bonds. The summed E-state index contributed by atoms with van der Waals surface area (Å²) in [7, 11) is 0. The third-order valence-corrected chi connectivity index (χ3v) is 18.0. The highest BCUT2D eigenvalue weighted by Crippen LogP contribution is 2.64. The Morgan fingerprint density at radius 1 is 0.481 bits per heavy atom. The fourth-order valence-electron chi connectivity index (χ4n) is 13.5. The van der Waals surface area contributed by atoms with E-state index in [1.165, 1.54) is 0 Å². The van der Waals surface area contributed by atoms with E-state index in [9.17, 15) is 86.8 Å². The molecule has 3 aliphatic carbocycles. The average Bonchev–Trinajstić information content (AvgIpc) is 3.73. The maximum absolute atomic E-state index is 15.1. The monoisotopic (exact) mass is 1120 g/mol. The molecule has 0 aromatic heterocycles. The van der Waals surface area contributed by atoms with Gasteiger partial charge in [-0.1, -0.05) is 19.9 Å². The Labute approximate surface area is 442 Å². The number of rotatable bonds is 15. The van der Waals surface area contributed by atoms with Crippen molar-refractivity contribution in [1.29, 1.82) is 0 Å². The summed E-state index contributed by atoms with van der Waals surface area (Å²) in [6.07, 6.45) is -41.0. The molecule has 77 heavy (non-hydrogen) atoms. The Balaban J connectivity index is 1.01. The van der Waals surface area contributed by atoms with Crippen LogP contribution in [0.2, 0.25) is 0 Å². The van der Waals surface area contributed by atoms with Gasteiger partial charge in [-0.05, 0) is 80.6 Å². The van der Waals surface area contributed by atoms with Crippen molar-refractivity contribution >= 4 is 5.97 Å². The minimum absolute atomic E-state index is 0.0346. The quantitative estimate of drug-likeness (QED) is 0.0535. The summed E-state index contributed by atoms with van der Waals surface area (Å²) in [6, 6.07) is 0. The van der Waals surface area contributed by atoms with Gasteiger partial charge in [0, 0.05) is 0 Å². The first-order valence-electron chi connectivity index (χ1n) is 26.5. The van der Waals surface area contributed by atoms with Gasteiger partial charge in [-0.2, -0.15) is 0 Å². The zero-order valence-corrected chi connectivity index (χ0v) is 42.7. The number of ether oxygens (including phenoxy) is 10. The van der Waals surface area contributed by atoms with Gasteiger partial charge in [-0.3, -0.25) is 4.79 Å². The molecular weight excluding hydrogens is 1040 g/mol. The van der Waals surface area contributed by atoms with Crippen molar-refractivity contribution in [3.05, 3.63) is 12.2 Å². The van der Waals surface area contributed by atoms with Crippen molar-refractivity contribution in [2.24, 2.45) is 28.6 Å². The van der Waals surface area contributed by atoms with Crippen LogP contribution >= 0.6 is 0 Å². The van der Waals surface area contributed by atoms with Crippen molar-refractivity contribution in [3.8, 4) is 0 Å². The van der Waals surface area contributed by atoms with Gasteiger partial charge in [0.1, 0.15) is 116 Å². The van der Waals surface area contributed by atoms with E-state index in [-0.39, 0.29) is 17.8 Å². The van der Waals surface area contributed by atoms with Crippen LogP contribution in [-0.2, 0) is 52.2 Å². The van der Waals surface area contributed by atoms with Gasteiger partial charge < -0.3 is 134 Å². The molecule has 28 unspecified atom stereocenters. The van der Waals surface area contributed by atoms with Crippen molar-refractivity contribution in [2.75, 3.05) is 33.0 Å². The van der Waals surface area contributed by atoms with Crippen LogP contribution in [0.1, 0.15) is 65.2 Å². The number of carbonyl (C=O) groups excluding carboxylic acids is 1. The molecule has 8 aliphatic rings. The van der Waals surface area contributed by atoms with Crippen LogP contribution in [0.15, 0.2) is 12.2 Å². The largest absolute Gasteiger partial charge is 0.432 e. The maximum atomic E-state index is 15.1.